The van der Waals surface area contributed by atoms with E-state index in [9.17, 15) is 4.79 Å². The van der Waals surface area contributed by atoms with Crippen LogP contribution in [0, 0.1) is 17.8 Å². The van der Waals surface area contributed by atoms with E-state index in [0.717, 1.165) is 36.4 Å². The van der Waals surface area contributed by atoms with Gasteiger partial charge in [-0.3, -0.25) is 9.47 Å². The summed E-state index contributed by atoms with van der Waals surface area (Å²) in [5.74, 6) is 2.69. The Labute approximate surface area is 160 Å². The molecule has 4 rings (SSSR count). The van der Waals surface area contributed by atoms with E-state index in [1.165, 1.54) is 36.1 Å². The molecule has 0 amide bonds. The van der Waals surface area contributed by atoms with Gasteiger partial charge >= 0.3 is 5.69 Å². The van der Waals surface area contributed by atoms with E-state index in [4.69, 9.17) is 11.5 Å². The van der Waals surface area contributed by atoms with E-state index in [2.05, 4.69) is 28.9 Å². The fourth-order valence-corrected chi connectivity index (χ4v) is 4.75. The molecule has 6 heteroatoms. The van der Waals surface area contributed by atoms with Gasteiger partial charge in [0.1, 0.15) is 5.82 Å². The topological polar surface area (TPSA) is 90.2 Å². The summed E-state index contributed by atoms with van der Waals surface area (Å²) in [6, 6.07) is 10.5. The first kappa shape index (κ1) is 18.2. The van der Waals surface area contributed by atoms with Crippen molar-refractivity contribution in [2.75, 3.05) is 25.4 Å². The van der Waals surface area contributed by atoms with Crippen LogP contribution >= 0.6 is 0 Å². The van der Waals surface area contributed by atoms with Gasteiger partial charge in [-0.1, -0.05) is 25.5 Å². The van der Waals surface area contributed by atoms with Crippen molar-refractivity contribution >= 4 is 5.82 Å². The number of hydrogen-bond donors (Lipinski definition) is 2. The summed E-state index contributed by atoms with van der Waals surface area (Å²) < 4.78 is 1.52. The van der Waals surface area contributed by atoms with Crippen molar-refractivity contribution in [2.24, 2.45) is 23.5 Å². The molecular weight excluding hydrogens is 338 g/mol. The summed E-state index contributed by atoms with van der Waals surface area (Å²) in [5, 5.41) is 0. The summed E-state index contributed by atoms with van der Waals surface area (Å²) in [7, 11) is 0. The number of nitrogens with two attached hydrogens (primary N) is 2. The highest BCUT2D eigenvalue weighted by Crippen LogP contribution is 2.51. The van der Waals surface area contributed by atoms with Crippen LogP contribution in [0.1, 0.15) is 25.3 Å². The minimum atomic E-state index is -0.350. The molecule has 2 unspecified atom stereocenters. The maximum absolute atomic E-state index is 12.0. The third-order valence-electron chi connectivity index (χ3n) is 6.32. The van der Waals surface area contributed by atoms with Gasteiger partial charge in [0.25, 0.3) is 0 Å². The lowest BCUT2D eigenvalue weighted by atomic mass is 10.00. The second-order valence-electron chi connectivity index (χ2n) is 8.00. The van der Waals surface area contributed by atoms with E-state index in [0.29, 0.717) is 6.04 Å². The lowest BCUT2D eigenvalue weighted by molar-refractivity contribution is 0.195. The van der Waals surface area contributed by atoms with E-state index in [1.807, 2.05) is 12.1 Å². The number of aromatic nitrogens is 2. The van der Waals surface area contributed by atoms with Crippen molar-refractivity contribution in [1.29, 1.82) is 0 Å². The number of anilines is 1. The minimum Gasteiger partial charge on any atom is -0.383 e. The molecule has 27 heavy (non-hydrogen) atoms. The molecule has 0 radical (unpaired) electrons. The molecule has 1 aliphatic heterocycles. The van der Waals surface area contributed by atoms with Gasteiger partial charge in [-0.2, -0.15) is 4.98 Å². The Morgan fingerprint density at radius 2 is 1.89 bits per heavy atom. The molecule has 1 saturated carbocycles. The largest absolute Gasteiger partial charge is 0.383 e. The molecule has 0 bridgehead atoms. The Morgan fingerprint density at radius 3 is 2.48 bits per heavy atom. The first-order valence-corrected chi connectivity index (χ1v) is 9.99. The number of fused-ring (bicyclic) bond motifs is 1. The highest BCUT2D eigenvalue weighted by molar-refractivity contribution is 5.36. The SMILES string of the molecule is CCCC(Cc1ccc(-n2ccc(N)nc2=O)cc1)N1C[C@@H]2C(CN)[C@@H]2C1. The van der Waals surface area contributed by atoms with Gasteiger partial charge in [-0.15, -0.1) is 0 Å². The Morgan fingerprint density at radius 1 is 1.19 bits per heavy atom. The zero-order valence-corrected chi connectivity index (χ0v) is 15.9. The van der Waals surface area contributed by atoms with E-state index in [-0.39, 0.29) is 11.5 Å². The zero-order chi connectivity index (χ0) is 19.0. The number of nitrogen functional groups attached to an aromatic ring is 1. The van der Waals surface area contributed by atoms with Gasteiger partial charge in [0.15, 0.2) is 0 Å². The lowest BCUT2D eigenvalue weighted by Gasteiger charge is -2.30. The predicted octanol–water partition coefficient (Wildman–Crippen LogP) is 1.66. The Hall–Kier alpha value is -2.18. The zero-order valence-electron chi connectivity index (χ0n) is 15.9. The summed E-state index contributed by atoms with van der Waals surface area (Å²) in [5.41, 5.74) is 13.2. The molecule has 2 heterocycles. The summed E-state index contributed by atoms with van der Waals surface area (Å²) in [6.45, 7) is 5.53. The Bertz CT molecular complexity index is 834. The number of likely N-dealkylation sites (tertiary alicyclic amines) is 1. The Kier molecular flexibility index (Phi) is 5.02. The van der Waals surface area contributed by atoms with Crippen LogP contribution in [-0.4, -0.2) is 40.1 Å². The molecule has 2 aromatic rings. The number of nitrogens with zero attached hydrogens (tertiary/aromatic N) is 3. The second kappa shape index (κ2) is 7.44. The van der Waals surface area contributed by atoms with Crippen LogP contribution in [-0.2, 0) is 6.42 Å². The molecule has 1 aromatic heterocycles. The fraction of sp³-hybridized carbons (Fsp3) is 0.524. The van der Waals surface area contributed by atoms with Crippen LogP contribution < -0.4 is 17.2 Å². The predicted molar refractivity (Wildman–Crippen MR) is 108 cm³/mol. The van der Waals surface area contributed by atoms with Crippen LogP contribution in [0.4, 0.5) is 5.82 Å². The number of hydrogen-bond acceptors (Lipinski definition) is 5. The van der Waals surface area contributed by atoms with Crippen LogP contribution in [0.5, 0.6) is 0 Å². The van der Waals surface area contributed by atoms with Crippen molar-refractivity contribution in [2.45, 2.75) is 32.2 Å². The van der Waals surface area contributed by atoms with E-state index in [1.54, 1.807) is 12.3 Å². The average molecular weight is 367 g/mol. The maximum atomic E-state index is 12.0. The van der Waals surface area contributed by atoms with E-state index >= 15 is 0 Å². The minimum absolute atomic E-state index is 0.246. The maximum Gasteiger partial charge on any atom is 0.354 e. The molecule has 4 N–H and O–H groups in total. The summed E-state index contributed by atoms with van der Waals surface area (Å²) in [6.07, 6.45) is 5.14. The Balaban J connectivity index is 1.44. The van der Waals surface area contributed by atoms with Crippen LogP contribution in [0.2, 0.25) is 0 Å². The normalized spacial score (nSPS) is 25.3. The van der Waals surface area contributed by atoms with Crippen LogP contribution in [0.25, 0.3) is 5.69 Å². The second-order valence-corrected chi connectivity index (χ2v) is 8.00. The fourth-order valence-electron chi connectivity index (χ4n) is 4.75. The van der Waals surface area contributed by atoms with Gasteiger partial charge in [0.2, 0.25) is 0 Å². The molecular formula is C21H29N5O. The van der Waals surface area contributed by atoms with Gasteiger partial charge in [0.05, 0.1) is 5.69 Å². The molecule has 2 aliphatic rings. The quantitative estimate of drug-likeness (QED) is 0.777. The third-order valence-corrected chi connectivity index (χ3v) is 6.32. The standard InChI is InChI=1S/C21H29N5O/c1-2-3-16(25-12-18-17(11-22)19(18)13-25)10-14-4-6-15(7-5-14)26-9-8-20(23)24-21(26)27/h4-9,16-19H,2-3,10-13,22H2,1H3,(H2,23,24,27)/t16?,17?,18-,19+. The number of piperidine rings is 1. The average Bonchev–Trinajstić information content (AvgIpc) is 3.13. The van der Waals surface area contributed by atoms with E-state index < -0.39 is 0 Å². The molecule has 0 spiro atoms. The molecule has 2 fully saturated rings. The van der Waals surface area contributed by atoms with Crippen molar-refractivity contribution in [3.8, 4) is 5.69 Å². The van der Waals surface area contributed by atoms with Crippen molar-refractivity contribution in [3.05, 3.63) is 52.6 Å². The van der Waals surface area contributed by atoms with Gasteiger partial charge < -0.3 is 11.5 Å². The highest BCUT2D eigenvalue weighted by atomic mass is 16.1. The third kappa shape index (κ3) is 3.64. The van der Waals surface area contributed by atoms with Crippen molar-refractivity contribution < 1.29 is 0 Å². The lowest BCUT2D eigenvalue weighted by Crippen LogP contribution is -2.37. The van der Waals surface area contributed by atoms with Crippen molar-refractivity contribution in [3.63, 3.8) is 0 Å². The van der Waals surface area contributed by atoms with Gasteiger partial charge in [-0.25, -0.2) is 4.79 Å². The summed E-state index contributed by atoms with van der Waals surface area (Å²) >= 11 is 0. The van der Waals surface area contributed by atoms with Gasteiger partial charge in [-0.05, 0) is 60.9 Å². The monoisotopic (exact) mass is 367 g/mol. The first-order chi connectivity index (χ1) is 13.1. The van der Waals surface area contributed by atoms with Crippen LogP contribution in [0.3, 0.4) is 0 Å². The smallest absolute Gasteiger partial charge is 0.354 e. The highest BCUT2D eigenvalue weighted by Gasteiger charge is 2.55. The molecule has 144 valence electrons. The molecule has 6 nitrogen and oxygen atoms in total. The first-order valence-electron chi connectivity index (χ1n) is 9.99. The molecule has 1 aromatic carbocycles. The molecule has 1 aliphatic carbocycles. The van der Waals surface area contributed by atoms with Crippen molar-refractivity contribution in [1.82, 2.24) is 14.5 Å². The van der Waals surface area contributed by atoms with Crippen LogP contribution in [0.15, 0.2) is 41.3 Å². The van der Waals surface area contributed by atoms with Gasteiger partial charge in [0, 0.05) is 25.3 Å². The summed E-state index contributed by atoms with van der Waals surface area (Å²) in [4.78, 5) is 18.5. The number of rotatable bonds is 7. The molecule has 1 saturated heterocycles. The number of benzene rings is 1. The molecule has 4 atom stereocenters.